The van der Waals surface area contributed by atoms with Crippen molar-refractivity contribution in [3.8, 4) is 0 Å². The van der Waals surface area contributed by atoms with E-state index in [1.54, 1.807) is 0 Å². The molecule has 5 nitrogen and oxygen atoms in total. The van der Waals surface area contributed by atoms with Gasteiger partial charge in [-0.2, -0.15) is 0 Å². The molecule has 1 aromatic heterocycles. The van der Waals surface area contributed by atoms with Gasteiger partial charge in [-0.15, -0.1) is 0 Å². The van der Waals surface area contributed by atoms with Crippen LogP contribution >= 0.6 is 15.9 Å². The molecule has 0 saturated heterocycles. The van der Waals surface area contributed by atoms with Crippen LogP contribution in [0.2, 0.25) is 0 Å². The summed E-state index contributed by atoms with van der Waals surface area (Å²) in [5.41, 5.74) is 0.585. The highest BCUT2D eigenvalue weighted by Crippen LogP contribution is 2.20. The molecular formula is C12H10BrFN2O3. The molecule has 0 aliphatic rings. The maximum Gasteiger partial charge on any atom is 0.277 e. The maximum absolute atomic E-state index is 13.0. The summed E-state index contributed by atoms with van der Waals surface area (Å²) in [5.74, 6) is -0.389. The summed E-state index contributed by atoms with van der Waals surface area (Å²) in [7, 11) is 1.51. The number of rotatable bonds is 4. The second-order valence-corrected chi connectivity index (χ2v) is 4.55. The molecule has 1 heterocycles. The Morgan fingerprint density at radius 2 is 2.32 bits per heavy atom. The van der Waals surface area contributed by atoms with Gasteiger partial charge in [-0.05, 0) is 34.1 Å². The summed E-state index contributed by atoms with van der Waals surface area (Å²) in [6, 6.07) is 5.65. The third-order valence-electron chi connectivity index (χ3n) is 2.26. The molecule has 0 aliphatic carbocycles. The van der Waals surface area contributed by atoms with Gasteiger partial charge in [0, 0.05) is 18.9 Å². The van der Waals surface area contributed by atoms with Crippen LogP contribution in [-0.4, -0.2) is 18.2 Å². The Morgan fingerprint density at radius 1 is 1.53 bits per heavy atom. The zero-order valence-corrected chi connectivity index (χ0v) is 11.5. The summed E-state index contributed by atoms with van der Waals surface area (Å²) >= 11 is 3.04. The third kappa shape index (κ3) is 3.39. The average Bonchev–Trinajstić information content (AvgIpc) is 2.83. The van der Waals surface area contributed by atoms with Gasteiger partial charge in [-0.3, -0.25) is 4.79 Å². The molecular weight excluding hydrogens is 319 g/mol. The lowest BCUT2D eigenvalue weighted by molar-refractivity contribution is 0.101. The normalized spacial score (nSPS) is 10.5. The Balaban J connectivity index is 2.09. The zero-order valence-electron chi connectivity index (χ0n) is 9.94. The minimum Gasteiger partial charge on any atom is -0.377 e. The standard InChI is InChI=1S/C12H10BrFN2O3/c1-18-6-8-5-11(16-19-8)12(17)15-7-2-3-10(14)9(13)4-7/h2-5H,6H2,1H3,(H,15,17). The number of halogens is 2. The van der Waals surface area contributed by atoms with Crippen molar-refractivity contribution in [2.45, 2.75) is 6.61 Å². The monoisotopic (exact) mass is 328 g/mol. The summed E-state index contributed by atoms with van der Waals surface area (Å²) in [6.07, 6.45) is 0. The molecule has 2 rings (SSSR count). The fraction of sp³-hybridized carbons (Fsp3) is 0.167. The SMILES string of the molecule is COCc1cc(C(=O)Nc2ccc(F)c(Br)c2)no1. The smallest absolute Gasteiger partial charge is 0.277 e. The van der Waals surface area contributed by atoms with Crippen LogP contribution in [0.3, 0.4) is 0 Å². The van der Waals surface area contributed by atoms with E-state index in [4.69, 9.17) is 9.26 Å². The van der Waals surface area contributed by atoms with Crippen molar-refractivity contribution in [2.24, 2.45) is 0 Å². The van der Waals surface area contributed by atoms with Crippen molar-refractivity contribution in [3.05, 3.63) is 46.0 Å². The Labute approximate surface area is 116 Å². The molecule has 0 radical (unpaired) electrons. The van der Waals surface area contributed by atoms with Crippen molar-refractivity contribution in [2.75, 3.05) is 12.4 Å². The molecule has 0 unspecified atom stereocenters. The van der Waals surface area contributed by atoms with Gasteiger partial charge in [0.15, 0.2) is 11.5 Å². The van der Waals surface area contributed by atoms with Crippen LogP contribution in [0.4, 0.5) is 10.1 Å². The van der Waals surface area contributed by atoms with Gasteiger partial charge in [-0.25, -0.2) is 4.39 Å². The van der Waals surface area contributed by atoms with Crippen LogP contribution in [0.5, 0.6) is 0 Å². The van der Waals surface area contributed by atoms with Crippen molar-refractivity contribution in [3.63, 3.8) is 0 Å². The lowest BCUT2D eigenvalue weighted by atomic mass is 10.3. The van der Waals surface area contributed by atoms with E-state index in [1.165, 1.54) is 31.4 Å². The zero-order chi connectivity index (χ0) is 13.8. The van der Waals surface area contributed by atoms with Crippen LogP contribution in [0, 0.1) is 5.82 Å². The van der Waals surface area contributed by atoms with Gasteiger partial charge in [0.1, 0.15) is 12.4 Å². The van der Waals surface area contributed by atoms with Gasteiger partial charge in [0.25, 0.3) is 5.91 Å². The molecule has 1 aromatic carbocycles. The van der Waals surface area contributed by atoms with Gasteiger partial charge < -0.3 is 14.6 Å². The molecule has 0 fully saturated rings. The van der Waals surface area contributed by atoms with Crippen LogP contribution in [0.25, 0.3) is 0 Å². The number of carbonyl (C=O) groups excluding carboxylic acids is 1. The molecule has 1 amide bonds. The highest BCUT2D eigenvalue weighted by atomic mass is 79.9. The molecule has 7 heteroatoms. The topological polar surface area (TPSA) is 64.4 Å². The number of amides is 1. The van der Waals surface area contributed by atoms with E-state index in [1.807, 2.05) is 0 Å². The van der Waals surface area contributed by atoms with E-state index in [0.29, 0.717) is 11.4 Å². The molecule has 0 atom stereocenters. The van der Waals surface area contributed by atoms with Gasteiger partial charge in [0.2, 0.25) is 0 Å². The number of nitrogens with zero attached hydrogens (tertiary/aromatic N) is 1. The van der Waals surface area contributed by atoms with E-state index < -0.39 is 11.7 Å². The van der Waals surface area contributed by atoms with E-state index in [2.05, 4.69) is 26.4 Å². The molecule has 0 saturated carbocycles. The first-order valence-electron chi connectivity index (χ1n) is 5.31. The van der Waals surface area contributed by atoms with E-state index in [-0.39, 0.29) is 16.8 Å². The summed E-state index contributed by atoms with van der Waals surface area (Å²) in [5, 5.41) is 6.20. The molecule has 0 bridgehead atoms. The van der Waals surface area contributed by atoms with Crippen molar-refractivity contribution in [1.29, 1.82) is 0 Å². The number of hydrogen-bond acceptors (Lipinski definition) is 4. The average molecular weight is 329 g/mol. The molecule has 0 aliphatic heterocycles. The predicted octanol–water partition coefficient (Wildman–Crippen LogP) is 2.97. The number of benzene rings is 1. The van der Waals surface area contributed by atoms with Crippen LogP contribution in [-0.2, 0) is 11.3 Å². The number of hydrogen-bond donors (Lipinski definition) is 1. The molecule has 100 valence electrons. The largest absolute Gasteiger partial charge is 0.377 e. The fourth-order valence-electron chi connectivity index (χ4n) is 1.40. The minimum absolute atomic E-state index is 0.132. The van der Waals surface area contributed by atoms with Crippen molar-refractivity contribution < 1.29 is 18.4 Å². The van der Waals surface area contributed by atoms with Crippen LogP contribution in [0.15, 0.2) is 33.3 Å². The summed E-state index contributed by atoms with van der Waals surface area (Å²) < 4.78 is 23.1. The quantitative estimate of drug-likeness (QED) is 0.937. The first-order valence-corrected chi connectivity index (χ1v) is 6.10. The van der Waals surface area contributed by atoms with Gasteiger partial charge in [0.05, 0.1) is 4.47 Å². The van der Waals surface area contributed by atoms with Crippen molar-refractivity contribution in [1.82, 2.24) is 5.16 Å². The summed E-state index contributed by atoms with van der Waals surface area (Å²) in [4.78, 5) is 11.8. The Kier molecular flexibility index (Phi) is 4.28. The first kappa shape index (κ1) is 13.7. The third-order valence-corrected chi connectivity index (χ3v) is 2.86. The highest BCUT2D eigenvalue weighted by molar-refractivity contribution is 9.10. The van der Waals surface area contributed by atoms with Crippen LogP contribution in [0.1, 0.15) is 16.2 Å². The second-order valence-electron chi connectivity index (χ2n) is 3.69. The predicted molar refractivity (Wildman–Crippen MR) is 69.3 cm³/mol. The molecule has 1 N–H and O–H groups in total. The maximum atomic E-state index is 13.0. The first-order chi connectivity index (χ1) is 9.10. The lowest BCUT2D eigenvalue weighted by Crippen LogP contribution is -2.12. The van der Waals surface area contributed by atoms with E-state index in [0.717, 1.165) is 0 Å². The summed E-state index contributed by atoms with van der Waals surface area (Å²) in [6.45, 7) is 0.238. The molecule has 2 aromatic rings. The van der Waals surface area contributed by atoms with Gasteiger partial charge >= 0.3 is 0 Å². The minimum atomic E-state index is -0.440. The number of ether oxygens (including phenoxy) is 1. The number of aromatic nitrogens is 1. The number of carbonyl (C=O) groups is 1. The van der Waals surface area contributed by atoms with E-state index >= 15 is 0 Å². The Hall–Kier alpha value is -1.73. The van der Waals surface area contributed by atoms with E-state index in [9.17, 15) is 9.18 Å². The lowest BCUT2D eigenvalue weighted by Gasteiger charge is -2.03. The molecule has 19 heavy (non-hydrogen) atoms. The Morgan fingerprint density at radius 3 is 3.00 bits per heavy atom. The Bertz CT molecular complexity index is 600. The number of methoxy groups -OCH3 is 1. The van der Waals surface area contributed by atoms with Gasteiger partial charge in [-0.1, -0.05) is 5.16 Å². The number of nitrogens with one attached hydrogen (secondary N) is 1. The highest BCUT2D eigenvalue weighted by Gasteiger charge is 2.13. The second kappa shape index (κ2) is 5.94. The molecule has 0 spiro atoms. The van der Waals surface area contributed by atoms with Crippen molar-refractivity contribution >= 4 is 27.5 Å². The number of anilines is 1. The van der Waals surface area contributed by atoms with Crippen LogP contribution < -0.4 is 5.32 Å². The fourth-order valence-corrected chi connectivity index (χ4v) is 1.78.